The fraction of sp³-hybridized carbons (Fsp3) is 0.727. The van der Waals surface area contributed by atoms with Crippen molar-refractivity contribution in [3.63, 3.8) is 0 Å². The summed E-state index contributed by atoms with van der Waals surface area (Å²) in [5.74, 6) is -0.385. The Labute approximate surface area is 105 Å². The highest BCUT2D eigenvalue weighted by Crippen LogP contribution is 2.22. The molecule has 17 heavy (non-hydrogen) atoms. The van der Waals surface area contributed by atoms with E-state index in [4.69, 9.17) is 4.74 Å². The van der Waals surface area contributed by atoms with Gasteiger partial charge in [0, 0.05) is 12.2 Å². The molecule has 0 aromatic carbocycles. The van der Waals surface area contributed by atoms with Crippen molar-refractivity contribution in [2.24, 2.45) is 0 Å². The summed E-state index contributed by atoms with van der Waals surface area (Å²) in [6.07, 6.45) is 0.281. The van der Waals surface area contributed by atoms with Gasteiger partial charge in [-0.1, -0.05) is 11.8 Å². The summed E-state index contributed by atoms with van der Waals surface area (Å²) in [4.78, 5) is 35.9. The molecule has 0 radical (unpaired) electrons. The number of amides is 2. The third-order valence-corrected chi connectivity index (χ3v) is 2.99. The molecule has 1 fully saturated rings. The summed E-state index contributed by atoms with van der Waals surface area (Å²) in [5.41, 5.74) is -0.625. The van der Waals surface area contributed by atoms with E-state index < -0.39 is 17.6 Å². The van der Waals surface area contributed by atoms with E-state index in [1.54, 1.807) is 20.8 Å². The number of ether oxygens (including phenoxy) is 1. The molecule has 1 atom stereocenters. The minimum atomic E-state index is -0.859. The van der Waals surface area contributed by atoms with Crippen LogP contribution in [0.2, 0.25) is 0 Å². The molecule has 0 saturated carbocycles. The molecule has 1 aliphatic rings. The van der Waals surface area contributed by atoms with Gasteiger partial charge in [0.05, 0.1) is 0 Å². The van der Waals surface area contributed by atoms with Crippen LogP contribution in [-0.4, -0.2) is 39.4 Å². The highest BCUT2D eigenvalue weighted by atomic mass is 32.2. The number of rotatable bonds is 2. The average Bonchev–Trinajstić information content (AvgIpc) is 2.14. The van der Waals surface area contributed by atoms with Gasteiger partial charge in [-0.05, 0) is 27.7 Å². The summed E-state index contributed by atoms with van der Waals surface area (Å²) >= 11 is 1.05. The van der Waals surface area contributed by atoms with Crippen molar-refractivity contribution in [3.05, 3.63) is 0 Å². The van der Waals surface area contributed by atoms with Gasteiger partial charge < -0.3 is 4.74 Å². The Bertz CT molecular complexity index is 332. The molecule has 6 heteroatoms. The van der Waals surface area contributed by atoms with Gasteiger partial charge in [-0.15, -0.1) is 0 Å². The number of imide groups is 1. The zero-order valence-corrected chi connectivity index (χ0v) is 11.3. The fourth-order valence-corrected chi connectivity index (χ4v) is 2.23. The van der Waals surface area contributed by atoms with Crippen LogP contribution in [0.3, 0.4) is 0 Å². The number of esters is 1. The van der Waals surface area contributed by atoms with Crippen LogP contribution in [0.25, 0.3) is 0 Å². The van der Waals surface area contributed by atoms with Gasteiger partial charge in [0.25, 0.3) is 5.24 Å². The van der Waals surface area contributed by atoms with E-state index in [0.717, 1.165) is 16.7 Å². The van der Waals surface area contributed by atoms with Crippen molar-refractivity contribution in [3.8, 4) is 0 Å². The number of nitrogens with zero attached hydrogens (tertiary/aromatic N) is 1. The van der Waals surface area contributed by atoms with Crippen LogP contribution >= 0.6 is 11.8 Å². The molecule has 0 spiro atoms. The molecule has 1 heterocycles. The van der Waals surface area contributed by atoms with Gasteiger partial charge in [0.2, 0.25) is 5.91 Å². The quantitative estimate of drug-likeness (QED) is 0.708. The lowest BCUT2D eigenvalue weighted by atomic mass is 10.2. The summed E-state index contributed by atoms with van der Waals surface area (Å²) in [5, 5.41) is -0.375. The van der Waals surface area contributed by atoms with E-state index in [2.05, 4.69) is 0 Å². The zero-order chi connectivity index (χ0) is 13.2. The smallest absolute Gasteiger partial charge is 0.329 e. The number of hydrogen-bond acceptors (Lipinski definition) is 5. The van der Waals surface area contributed by atoms with Crippen LogP contribution in [0.15, 0.2) is 0 Å². The number of thioether (sulfide) groups is 1. The molecule has 2 amide bonds. The lowest BCUT2D eigenvalue weighted by Crippen LogP contribution is -2.49. The number of hydrogen-bond donors (Lipinski definition) is 0. The lowest BCUT2D eigenvalue weighted by Gasteiger charge is -2.30. The van der Waals surface area contributed by atoms with Gasteiger partial charge in [0.15, 0.2) is 0 Å². The molecule has 0 aliphatic carbocycles. The second kappa shape index (κ2) is 5.08. The summed E-state index contributed by atoms with van der Waals surface area (Å²) < 4.78 is 5.16. The van der Waals surface area contributed by atoms with Crippen LogP contribution in [-0.2, 0) is 14.3 Å². The van der Waals surface area contributed by atoms with Crippen molar-refractivity contribution in [2.75, 3.05) is 5.75 Å². The van der Waals surface area contributed by atoms with Crippen LogP contribution in [0, 0.1) is 0 Å². The van der Waals surface area contributed by atoms with E-state index in [1.807, 2.05) is 0 Å². The van der Waals surface area contributed by atoms with Gasteiger partial charge in [-0.2, -0.15) is 0 Å². The maximum Gasteiger partial charge on any atom is 0.329 e. The maximum absolute atomic E-state index is 11.8. The first-order chi connectivity index (χ1) is 7.72. The molecule has 5 nitrogen and oxygen atoms in total. The summed E-state index contributed by atoms with van der Waals surface area (Å²) in [7, 11) is 0. The largest absolute Gasteiger partial charge is 0.458 e. The third kappa shape index (κ3) is 3.73. The predicted molar refractivity (Wildman–Crippen MR) is 64.6 cm³/mol. The lowest BCUT2D eigenvalue weighted by molar-refractivity contribution is -0.162. The van der Waals surface area contributed by atoms with Crippen LogP contribution in [0.4, 0.5) is 4.79 Å². The van der Waals surface area contributed by atoms with Crippen molar-refractivity contribution >= 4 is 28.9 Å². The monoisotopic (exact) mass is 259 g/mol. The molecular weight excluding hydrogens is 242 g/mol. The Hall–Kier alpha value is -1.04. The molecule has 0 aromatic rings. The van der Waals surface area contributed by atoms with E-state index in [0.29, 0.717) is 5.75 Å². The summed E-state index contributed by atoms with van der Waals surface area (Å²) in [6, 6.07) is -0.859. The van der Waals surface area contributed by atoms with Crippen molar-refractivity contribution in [1.82, 2.24) is 4.90 Å². The van der Waals surface area contributed by atoms with E-state index in [1.165, 1.54) is 6.92 Å². The summed E-state index contributed by atoms with van der Waals surface area (Å²) in [6.45, 7) is 6.74. The standard InChI is InChI=1S/C11H17NO4S/c1-7(9(14)16-11(2,3)4)12-8(13)5-6-17-10(12)15/h7H,5-6H2,1-4H3. The first-order valence-electron chi connectivity index (χ1n) is 5.44. The molecule has 1 aliphatic heterocycles. The SMILES string of the molecule is CC(C(=O)OC(C)(C)C)N1C(=O)CCSC1=O. The number of carbonyl (C=O) groups is 3. The Balaban J connectivity index is 2.74. The van der Waals surface area contributed by atoms with Crippen LogP contribution < -0.4 is 0 Å². The first-order valence-corrected chi connectivity index (χ1v) is 6.42. The van der Waals surface area contributed by atoms with Crippen LogP contribution in [0.5, 0.6) is 0 Å². The molecule has 96 valence electrons. The van der Waals surface area contributed by atoms with E-state index >= 15 is 0 Å². The Morgan fingerprint density at radius 1 is 1.41 bits per heavy atom. The molecule has 1 rings (SSSR count). The second-order valence-electron chi connectivity index (χ2n) is 4.84. The third-order valence-electron chi connectivity index (χ3n) is 2.14. The average molecular weight is 259 g/mol. The molecular formula is C11H17NO4S. The Kier molecular flexibility index (Phi) is 4.19. The van der Waals surface area contributed by atoms with Gasteiger partial charge in [-0.3, -0.25) is 14.5 Å². The maximum atomic E-state index is 11.8. The van der Waals surface area contributed by atoms with Crippen molar-refractivity contribution < 1.29 is 19.1 Å². The topological polar surface area (TPSA) is 63.7 Å². The Morgan fingerprint density at radius 3 is 2.47 bits per heavy atom. The van der Waals surface area contributed by atoms with Crippen molar-refractivity contribution in [2.45, 2.75) is 45.8 Å². The molecule has 1 saturated heterocycles. The van der Waals surface area contributed by atoms with Crippen LogP contribution in [0.1, 0.15) is 34.1 Å². The normalized spacial score (nSPS) is 19.2. The zero-order valence-electron chi connectivity index (χ0n) is 10.5. The Morgan fingerprint density at radius 2 is 2.00 bits per heavy atom. The predicted octanol–water partition coefficient (Wildman–Crippen LogP) is 1.80. The van der Waals surface area contributed by atoms with Gasteiger partial charge >= 0.3 is 5.97 Å². The second-order valence-corrected chi connectivity index (χ2v) is 5.88. The van der Waals surface area contributed by atoms with Gasteiger partial charge in [0.1, 0.15) is 11.6 Å². The van der Waals surface area contributed by atoms with Gasteiger partial charge in [-0.25, -0.2) is 4.79 Å². The fourth-order valence-electron chi connectivity index (χ4n) is 1.38. The van der Waals surface area contributed by atoms with Crippen molar-refractivity contribution in [1.29, 1.82) is 0 Å². The highest BCUT2D eigenvalue weighted by Gasteiger charge is 2.36. The minimum Gasteiger partial charge on any atom is -0.458 e. The molecule has 1 unspecified atom stereocenters. The molecule has 0 aromatic heterocycles. The molecule has 0 bridgehead atoms. The number of carbonyl (C=O) groups excluding carboxylic acids is 3. The minimum absolute atomic E-state index is 0.281. The first kappa shape index (κ1) is 14.0. The van der Waals surface area contributed by atoms with E-state index in [9.17, 15) is 14.4 Å². The van der Waals surface area contributed by atoms with E-state index in [-0.39, 0.29) is 17.6 Å². The highest BCUT2D eigenvalue weighted by molar-refractivity contribution is 8.13. The molecule has 0 N–H and O–H groups in total.